The predicted molar refractivity (Wildman–Crippen MR) is 95.9 cm³/mol. The number of amides is 1. The maximum Gasteiger partial charge on any atom is 0.338 e. The summed E-state index contributed by atoms with van der Waals surface area (Å²) in [4.78, 5) is 27.9. The second kappa shape index (κ2) is 8.62. The van der Waals surface area contributed by atoms with Gasteiger partial charge in [-0.05, 0) is 66.9 Å². The monoisotopic (exact) mass is 350 g/mol. The number of aromatic nitrogens is 1. The first kappa shape index (κ1) is 17.4. The van der Waals surface area contributed by atoms with Crippen molar-refractivity contribution in [3.63, 3.8) is 0 Å². The van der Waals surface area contributed by atoms with Crippen LogP contribution in [0.1, 0.15) is 32.9 Å². The molecule has 2 heterocycles. The summed E-state index contributed by atoms with van der Waals surface area (Å²) >= 11 is 0. The minimum absolute atomic E-state index is 0.225. The summed E-state index contributed by atoms with van der Waals surface area (Å²) in [6.07, 6.45) is 6.49. The van der Waals surface area contributed by atoms with Gasteiger partial charge in [-0.25, -0.2) is 4.79 Å². The molecule has 0 radical (unpaired) electrons. The van der Waals surface area contributed by atoms with Gasteiger partial charge in [-0.2, -0.15) is 0 Å². The van der Waals surface area contributed by atoms with Crippen molar-refractivity contribution < 1.29 is 18.7 Å². The van der Waals surface area contributed by atoms with Gasteiger partial charge >= 0.3 is 5.97 Å². The van der Waals surface area contributed by atoms with E-state index in [4.69, 9.17) is 9.15 Å². The molecule has 132 valence electrons. The highest BCUT2D eigenvalue weighted by Gasteiger charge is 2.10. The molecular weight excluding hydrogens is 332 g/mol. The number of benzene rings is 1. The third-order valence-electron chi connectivity index (χ3n) is 3.72. The number of furan rings is 1. The number of aryl methyl sites for hydroxylation is 1. The molecular formula is C20H18N2O4. The van der Waals surface area contributed by atoms with Crippen LogP contribution in [0.3, 0.4) is 0 Å². The Bertz CT molecular complexity index is 843. The summed E-state index contributed by atoms with van der Waals surface area (Å²) < 4.78 is 10.3. The number of hydrogen-bond acceptors (Lipinski definition) is 5. The first-order valence-electron chi connectivity index (χ1n) is 8.23. The number of ether oxygens (including phenoxy) is 1. The summed E-state index contributed by atoms with van der Waals surface area (Å²) in [5.41, 5.74) is 2.17. The molecule has 0 aliphatic rings. The van der Waals surface area contributed by atoms with Gasteiger partial charge in [-0.15, -0.1) is 0 Å². The lowest BCUT2D eigenvalue weighted by molar-refractivity contribution is 0.0500. The molecule has 1 N–H and O–H groups in total. The van der Waals surface area contributed by atoms with Crippen molar-refractivity contribution in [1.82, 2.24) is 4.98 Å². The number of rotatable bonds is 7. The second-order valence-corrected chi connectivity index (χ2v) is 5.60. The molecule has 0 aliphatic heterocycles. The van der Waals surface area contributed by atoms with Crippen LogP contribution in [0.25, 0.3) is 0 Å². The average molecular weight is 350 g/mol. The Kier molecular flexibility index (Phi) is 5.77. The van der Waals surface area contributed by atoms with Crippen LogP contribution in [-0.4, -0.2) is 23.5 Å². The Morgan fingerprint density at radius 2 is 1.81 bits per heavy atom. The minimum atomic E-state index is -0.386. The Balaban J connectivity index is 1.45. The molecule has 0 saturated carbocycles. The van der Waals surface area contributed by atoms with Gasteiger partial charge in [0.15, 0.2) is 5.76 Å². The number of carbonyl (C=O) groups is 2. The van der Waals surface area contributed by atoms with Crippen LogP contribution in [0, 0.1) is 0 Å². The zero-order valence-corrected chi connectivity index (χ0v) is 14.1. The van der Waals surface area contributed by atoms with Gasteiger partial charge in [-0.1, -0.05) is 0 Å². The van der Waals surface area contributed by atoms with Gasteiger partial charge in [-0.3, -0.25) is 9.78 Å². The number of pyridine rings is 1. The van der Waals surface area contributed by atoms with E-state index in [0.717, 1.165) is 18.4 Å². The largest absolute Gasteiger partial charge is 0.462 e. The molecule has 3 aromatic rings. The standard InChI is InChI=1S/C20H18N2O4/c23-19(18-4-2-13-25-18)22-17-7-5-16(6-8-17)20(24)26-14-1-3-15-9-11-21-12-10-15/h2,4-13H,1,3,14H2,(H,22,23). The van der Waals surface area contributed by atoms with E-state index in [1.165, 1.54) is 6.26 Å². The number of esters is 1. The Morgan fingerprint density at radius 3 is 2.50 bits per heavy atom. The third kappa shape index (κ3) is 4.80. The zero-order chi connectivity index (χ0) is 18.2. The lowest BCUT2D eigenvalue weighted by Gasteiger charge is -2.07. The van der Waals surface area contributed by atoms with Gasteiger partial charge in [0.1, 0.15) is 0 Å². The SMILES string of the molecule is O=C(OCCCc1ccncc1)c1ccc(NC(=O)c2ccco2)cc1. The summed E-state index contributed by atoms with van der Waals surface area (Å²) in [5, 5.41) is 2.69. The molecule has 0 unspecified atom stereocenters. The van der Waals surface area contributed by atoms with Crippen LogP contribution >= 0.6 is 0 Å². The minimum Gasteiger partial charge on any atom is -0.462 e. The van der Waals surface area contributed by atoms with Crippen molar-refractivity contribution in [3.05, 3.63) is 84.1 Å². The van der Waals surface area contributed by atoms with E-state index in [9.17, 15) is 9.59 Å². The highest BCUT2D eigenvalue weighted by Crippen LogP contribution is 2.13. The van der Waals surface area contributed by atoms with E-state index in [0.29, 0.717) is 17.9 Å². The number of nitrogens with zero attached hydrogens (tertiary/aromatic N) is 1. The fraction of sp³-hybridized carbons (Fsp3) is 0.150. The number of nitrogens with one attached hydrogen (secondary N) is 1. The molecule has 0 aliphatic carbocycles. The molecule has 0 saturated heterocycles. The lowest BCUT2D eigenvalue weighted by Crippen LogP contribution is -2.11. The topological polar surface area (TPSA) is 81.4 Å². The highest BCUT2D eigenvalue weighted by molar-refractivity contribution is 6.02. The normalized spacial score (nSPS) is 10.3. The van der Waals surface area contributed by atoms with Crippen molar-refractivity contribution in [2.75, 3.05) is 11.9 Å². The number of anilines is 1. The van der Waals surface area contributed by atoms with Gasteiger partial charge in [0.2, 0.25) is 0 Å². The van der Waals surface area contributed by atoms with Crippen LogP contribution in [0.5, 0.6) is 0 Å². The molecule has 0 fully saturated rings. The number of hydrogen-bond donors (Lipinski definition) is 1. The first-order valence-corrected chi connectivity index (χ1v) is 8.23. The molecule has 3 rings (SSSR count). The van der Waals surface area contributed by atoms with Crippen molar-refractivity contribution in [2.45, 2.75) is 12.8 Å². The van der Waals surface area contributed by atoms with E-state index in [1.807, 2.05) is 12.1 Å². The van der Waals surface area contributed by atoms with E-state index < -0.39 is 0 Å². The van der Waals surface area contributed by atoms with E-state index >= 15 is 0 Å². The fourth-order valence-electron chi connectivity index (χ4n) is 2.36. The van der Waals surface area contributed by atoms with Gasteiger partial charge in [0, 0.05) is 18.1 Å². The van der Waals surface area contributed by atoms with Crippen molar-refractivity contribution in [2.24, 2.45) is 0 Å². The van der Waals surface area contributed by atoms with Gasteiger partial charge < -0.3 is 14.5 Å². The van der Waals surface area contributed by atoms with Gasteiger partial charge in [0.05, 0.1) is 18.4 Å². The molecule has 1 amide bonds. The number of carbonyl (C=O) groups excluding carboxylic acids is 2. The molecule has 0 spiro atoms. The molecule has 2 aromatic heterocycles. The van der Waals surface area contributed by atoms with E-state index in [1.54, 1.807) is 48.8 Å². The van der Waals surface area contributed by atoms with Crippen LogP contribution in [0.4, 0.5) is 5.69 Å². The van der Waals surface area contributed by atoms with Crippen molar-refractivity contribution in [1.29, 1.82) is 0 Å². The summed E-state index contributed by atoms with van der Waals surface area (Å²) in [5.74, 6) is -0.507. The summed E-state index contributed by atoms with van der Waals surface area (Å²) in [6.45, 7) is 0.345. The van der Waals surface area contributed by atoms with Crippen molar-refractivity contribution >= 4 is 17.6 Å². The molecule has 26 heavy (non-hydrogen) atoms. The highest BCUT2D eigenvalue weighted by atomic mass is 16.5. The lowest BCUT2D eigenvalue weighted by atomic mass is 10.1. The fourth-order valence-corrected chi connectivity index (χ4v) is 2.36. The van der Waals surface area contributed by atoms with E-state index in [2.05, 4.69) is 10.3 Å². The Labute approximate surface area is 150 Å². The summed E-state index contributed by atoms with van der Waals surface area (Å²) in [7, 11) is 0. The molecule has 0 bridgehead atoms. The molecule has 6 nitrogen and oxygen atoms in total. The van der Waals surface area contributed by atoms with Crippen molar-refractivity contribution in [3.8, 4) is 0 Å². The smallest absolute Gasteiger partial charge is 0.338 e. The third-order valence-corrected chi connectivity index (χ3v) is 3.72. The predicted octanol–water partition coefficient (Wildman–Crippen LogP) is 3.72. The van der Waals surface area contributed by atoms with Crippen LogP contribution in [-0.2, 0) is 11.2 Å². The Morgan fingerprint density at radius 1 is 1.04 bits per heavy atom. The average Bonchev–Trinajstić information content (AvgIpc) is 3.21. The molecule has 1 aromatic carbocycles. The van der Waals surface area contributed by atoms with E-state index in [-0.39, 0.29) is 17.6 Å². The molecule has 6 heteroatoms. The first-order chi connectivity index (χ1) is 12.7. The summed E-state index contributed by atoms with van der Waals surface area (Å²) in [6, 6.07) is 13.6. The Hall–Kier alpha value is -3.41. The van der Waals surface area contributed by atoms with Crippen LogP contribution in [0.2, 0.25) is 0 Å². The maximum atomic E-state index is 12.0. The van der Waals surface area contributed by atoms with Crippen LogP contribution in [0.15, 0.2) is 71.6 Å². The maximum absolute atomic E-state index is 12.0. The van der Waals surface area contributed by atoms with Gasteiger partial charge in [0.25, 0.3) is 5.91 Å². The van der Waals surface area contributed by atoms with Crippen LogP contribution < -0.4 is 5.32 Å². The molecule has 0 atom stereocenters. The zero-order valence-electron chi connectivity index (χ0n) is 14.1. The second-order valence-electron chi connectivity index (χ2n) is 5.60. The quantitative estimate of drug-likeness (QED) is 0.519.